The lowest BCUT2D eigenvalue weighted by atomic mass is 9.94. The lowest BCUT2D eigenvalue weighted by Gasteiger charge is -2.40. The standard InChI is InChI=1S/C22H23N7/c1-15-18-4-2-3-5-19(18)27-22(26-15)29-13-17(14-29)20-21(25-9-8-24-20)28-10-6-16(12-23)7-11-28/h2-5,8-9,16-17H,6-7,10-11,13-14H2,1H3. The van der Waals surface area contributed by atoms with Crippen LogP contribution in [0.15, 0.2) is 36.7 Å². The Kier molecular flexibility index (Phi) is 4.47. The summed E-state index contributed by atoms with van der Waals surface area (Å²) in [4.78, 5) is 23.3. The van der Waals surface area contributed by atoms with Gasteiger partial charge in [-0.15, -0.1) is 0 Å². The molecule has 0 radical (unpaired) electrons. The number of aromatic nitrogens is 4. The van der Waals surface area contributed by atoms with Crippen molar-refractivity contribution in [3.05, 3.63) is 48.0 Å². The Morgan fingerprint density at radius 1 is 1.00 bits per heavy atom. The molecule has 0 aliphatic carbocycles. The van der Waals surface area contributed by atoms with E-state index in [1.165, 1.54) is 0 Å². The first-order valence-electron chi connectivity index (χ1n) is 10.2. The van der Waals surface area contributed by atoms with Crippen LogP contribution in [0.3, 0.4) is 0 Å². The number of nitriles is 1. The second-order valence-corrected chi connectivity index (χ2v) is 7.88. The summed E-state index contributed by atoms with van der Waals surface area (Å²) in [5, 5.41) is 10.2. The van der Waals surface area contributed by atoms with E-state index in [2.05, 4.69) is 31.9 Å². The zero-order chi connectivity index (χ0) is 19.8. The van der Waals surface area contributed by atoms with Gasteiger partial charge < -0.3 is 9.80 Å². The second kappa shape index (κ2) is 7.28. The third-order valence-corrected chi connectivity index (χ3v) is 6.02. The van der Waals surface area contributed by atoms with Crippen molar-refractivity contribution in [1.29, 1.82) is 5.26 Å². The Bertz CT molecular complexity index is 1080. The van der Waals surface area contributed by atoms with Crippen LogP contribution in [0.5, 0.6) is 0 Å². The summed E-state index contributed by atoms with van der Waals surface area (Å²) in [5.41, 5.74) is 3.05. The molecule has 0 N–H and O–H groups in total. The summed E-state index contributed by atoms with van der Waals surface area (Å²) < 4.78 is 0. The number of nitrogens with zero attached hydrogens (tertiary/aromatic N) is 7. The van der Waals surface area contributed by atoms with E-state index in [1.54, 1.807) is 12.4 Å². The van der Waals surface area contributed by atoms with Crippen molar-refractivity contribution >= 4 is 22.7 Å². The minimum absolute atomic E-state index is 0.166. The van der Waals surface area contributed by atoms with Crippen molar-refractivity contribution < 1.29 is 0 Å². The molecule has 2 aliphatic rings. The summed E-state index contributed by atoms with van der Waals surface area (Å²) in [7, 11) is 0. The highest BCUT2D eigenvalue weighted by atomic mass is 15.3. The molecule has 7 nitrogen and oxygen atoms in total. The molecule has 7 heteroatoms. The zero-order valence-corrected chi connectivity index (χ0v) is 16.5. The van der Waals surface area contributed by atoms with E-state index in [1.807, 2.05) is 25.1 Å². The quantitative estimate of drug-likeness (QED) is 0.685. The number of para-hydroxylation sites is 1. The Morgan fingerprint density at radius 3 is 2.55 bits per heavy atom. The smallest absolute Gasteiger partial charge is 0.226 e. The molecule has 0 bridgehead atoms. The van der Waals surface area contributed by atoms with Crippen LogP contribution in [0, 0.1) is 24.2 Å². The maximum atomic E-state index is 9.15. The molecule has 1 aromatic carbocycles. The van der Waals surface area contributed by atoms with E-state index < -0.39 is 0 Å². The maximum absolute atomic E-state index is 9.15. The average molecular weight is 385 g/mol. The van der Waals surface area contributed by atoms with Crippen LogP contribution in [0.1, 0.15) is 30.1 Å². The van der Waals surface area contributed by atoms with Gasteiger partial charge >= 0.3 is 0 Å². The van der Waals surface area contributed by atoms with Crippen molar-refractivity contribution in [2.75, 3.05) is 36.0 Å². The average Bonchev–Trinajstić information content (AvgIpc) is 2.73. The van der Waals surface area contributed by atoms with Crippen LogP contribution in [-0.2, 0) is 0 Å². The predicted molar refractivity (Wildman–Crippen MR) is 112 cm³/mol. The molecule has 5 rings (SSSR count). The van der Waals surface area contributed by atoms with Crippen LogP contribution in [0.4, 0.5) is 11.8 Å². The Balaban J connectivity index is 1.34. The molecule has 0 spiro atoms. The molecular formula is C22H23N7. The minimum Gasteiger partial charge on any atom is -0.355 e. The van der Waals surface area contributed by atoms with Gasteiger partial charge in [0.25, 0.3) is 0 Å². The van der Waals surface area contributed by atoms with Gasteiger partial charge in [-0.1, -0.05) is 18.2 Å². The maximum Gasteiger partial charge on any atom is 0.226 e. The number of aryl methyl sites for hydroxylation is 1. The summed E-state index contributed by atoms with van der Waals surface area (Å²) in [6, 6.07) is 10.5. The molecule has 3 aromatic rings. The predicted octanol–water partition coefficient (Wildman–Crippen LogP) is 3.07. The number of hydrogen-bond donors (Lipinski definition) is 0. The fourth-order valence-electron chi connectivity index (χ4n) is 4.27. The van der Waals surface area contributed by atoms with Crippen LogP contribution < -0.4 is 9.80 Å². The molecule has 4 heterocycles. The molecule has 2 aliphatic heterocycles. The molecule has 29 heavy (non-hydrogen) atoms. The molecule has 2 saturated heterocycles. The number of piperidine rings is 1. The summed E-state index contributed by atoms with van der Waals surface area (Å²) in [5.74, 6) is 2.25. The Morgan fingerprint density at radius 2 is 1.76 bits per heavy atom. The third kappa shape index (κ3) is 3.25. The molecule has 2 aromatic heterocycles. The normalized spacial score (nSPS) is 17.9. The number of benzene rings is 1. The number of rotatable bonds is 3. The van der Waals surface area contributed by atoms with Gasteiger partial charge in [0.15, 0.2) is 5.82 Å². The molecule has 146 valence electrons. The highest BCUT2D eigenvalue weighted by Crippen LogP contribution is 2.34. The van der Waals surface area contributed by atoms with Gasteiger partial charge in [-0.05, 0) is 25.8 Å². The fourth-order valence-corrected chi connectivity index (χ4v) is 4.27. The number of hydrogen-bond acceptors (Lipinski definition) is 7. The van der Waals surface area contributed by atoms with Gasteiger partial charge in [-0.25, -0.2) is 15.0 Å². The van der Waals surface area contributed by atoms with Gasteiger partial charge in [-0.2, -0.15) is 5.26 Å². The molecule has 0 amide bonds. The Hall–Kier alpha value is -3.27. The molecule has 0 atom stereocenters. The van der Waals surface area contributed by atoms with Crippen LogP contribution in [0.25, 0.3) is 10.9 Å². The van der Waals surface area contributed by atoms with Crippen molar-refractivity contribution in [2.24, 2.45) is 5.92 Å². The highest BCUT2D eigenvalue weighted by Gasteiger charge is 2.35. The van der Waals surface area contributed by atoms with E-state index in [4.69, 9.17) is 15.2 Å². The number of fused-ring (bicyclic) bond motifs is 1. The number of anilines is 2. The fraction of sp³-hybridized carbons (Fsp3) is 0.409. The van der Waals surface area contributed by atoms with E-state index >= 15 is 0 Å². The zero-order valence-electron chi connectivity index (χ0n) is 16.5. The van der Waals surface area contributed by atoms with E-state index in [0.717, 1.165) is 73.1 Å². The third-order valence-electron chi connectivity index (χ3n) is 6.02. The summed E-state index contributed by atoms with van der Waals surface area (Å²) in [6.07, 6.45) is 5.34. The highest BCUT2D eigenvalue weighted by molar-refractivity contribution is 5.81. The van der Waals surface area contributed by atoms with Crippen LogP contribution >= 0.6 is 0 Å². The van der Waals surface area contributed by atoms with Gasteiger partial charge in [0.1, 0.15) is 0 Å². The van der Waals surface area contributed by atoms with E-state index in [0.29, 0.717) is 5.92 Å². The van der Waals surface area contributed by atoms with E-state index in [9.17, 15) is 0 Å². The summed E-state index contributed by atoms with van der Waals surface area (Å²) >= 11 is 0. The van der Waals surface area contributed by atoms with Crippen molar-refractivity contribution in [3.63, 3.8) is 0 Å². The first-order chi connectivity index (χ1) is 14.2. The van der Waals surface area contributed by atoms with Crippen molar-refractivity contribution in [1.82, 2.24) is 19.9 Å². The Labute approximate surface area is 170 Å². The molecule has 0 saturated carbocycles. The van der Waals surface area contributed by atoms with Crippen molar-refractivity contribution in [3.8, 4) is 6.07 Å². The van der Waals surface area contributed by atoms with E-state index in [-0.39, 0.29) is 5.92 Å². The van der Waals surface area contributed by atoms with Gasteiger partial charge in [0, 0.05) is 55.8 Å². The van der Waals surface area contributed by atoms with Gasteiger partial charge in [0.2, 0.25) is 5.95 Å². The SMILES string of the molecule is Cc1nc(N2CC(c3nccnc3N3CCC(C#N)CC3)C2)nc2ccccc12. The monoisotopic (exact) mass is 385 g/mol. The lowest BCUT2D eigenvalue weighted by Crippen LogP contribution is -2.47. The van der Waals surface area contributed by atoms with Gasteiger partial charge in [0.05, 0.1) is 23.0 Å². The molecule has 2 fully saturated rings. The minimum atomic E-state index is 0.166. The van der Waals surface area contributed by atoms with Crippen molar-refractivity contribution in [2.45, 2.75) is 25.7 Å². The van der Waals surface area contributed by atoms with Gasteiger partial charge in [-0.3, -0.25) is 4.98 Å². The molecule has 0 unspecified atom stereocenters. The topological polar surface area (TPSA) is 81.8 Å². The second-order valence-electron chi connectivity index (χ2n) is 7.88. The first kappa shape index (κ1) is 17.8. The summed E-state index contributed by atoms with van der Waals surface area (Å²) in [6.45, 7) is 5.47. The van der Waals surface area contributed by atoms with Crippen LogP contribution in [-0.4, -0.2) is 46.1 Å². The lowest BCUT2D eigenvalue weighted by molar-refractivity contribution is 0.472. The van der Waals surface area contributed by atoms with Crippen LogP contribution in [0.2, 0.25) is 0 Å². The largest absolute Gasteiger partial charge is 0.355 e. The molecular weight excluding hydrogens is 362 g/mol. The first-order valence-corrected chi connectivity index (χ1v) is 10.2.